The number of aromatic amines is 1. The zero-order valence-corrected chi connectivity index (χ0v) is 8.65. The van der Waals surface area contributed by atoms with Gasteiger partial charge in [0.1, 0.15) is 11.6 Å². The van der Waals surface area contributed by atoms with Crippen molar-refractivity contribution in [3.05, 3.63) is 5.82 Å². The van der Waals surface area contributed by atoms with E-state index in [0.29, 0.717) is 17.3 Å². The van der Waals surface area contributed by atoms with Gasteiger partial charge < -0.3 is 0 Å². The molecule has 0 radical (unpaired) electrons. The van der Waals surface area contributed by atoms with E-state index in [1.165, 1.54) is 11.8 Å². The molecule has 0 unspecified atom stereocenters. The first-order chi connectivity index (χ1) is 6.22. The topological polar surface area (TPSA) is 58.6 Å². The Bertz CT molecular complexity index is 285. The zero-order valence-electron chi connectivity index (χ0n) is 7.83. The van der Waals surface area contributed by atoms with Crippen molar-refractivity contribution in [2.75, 3.05) is 5.75 Å². The van der Waals surface area contributed by atoms with Gasteiger partial charge >= 0.3 is 0 Å². The fourth-order valence-corrected chi connectivity index (χ4v) is 1.63. The van der Waals surface area contributed by atoms with Crippen LogP contribution in [0.4, 0.5) is 0 Å². The molecule has 1 rings (SSSR count). The van der Waals surface area contributed by atoms with Gasteiger partial charge in [-0.3, -0.25) is 9.89 Å². The highest BCUT2D eigenvalue weighted by atomic mass is 32.2. The number of aromatic nitrogens is 3. The quantitative estimate of drug-likeness (QED) is 0.731. The highest BCUT2D eigenvalue weighted by Crippen LogP contribution is 2.12. The van der Waals surface area contributed by atoms with E-state index in [0.717, 1.165) is 12.2 Å². The molecule has 1 N–H and O–H groups in total. The highest BCUT2D eigenvalue weighted by molar-refractivity contribution is 7.99. The average molecular weight is 199 g/mol. The second kappa shape index (κ2) is 5.01. The van der Waals surface area contributed by atoms with E-state index < -0.39 is 0 Å². The van der Waals surface area contributed by atoms with Gasteiger partial charge in [-0.25, -0.2) is 4.98 Å². The van der Waals surface area contributed by atoms with E-state index >= 15 is 0 Å². The third kappa shape index (κ3) is 3.59. The monoisotopic (exact) mass is 199 g/mol. The standard InChI is InChI=1S/C8H13N3OS/c1-3-4-7(12)5-13-8-9-6(2)10-11-8/h3-5H2,1-2H3,(H,9,10,11). The first-order valence-electron chi connectivity index (χ1n) is 4.26. The maximum atomic E-state index is 11.1. The van der Waals surface area contributed by atoms with E-state index in [9.17, 15) is 4.79 Å². The van der Waals surface area contributed by atoms with Crippen molar-refractivity contribution in [1.29, 1.82) is 0 Å². The SMILES string of the molecule is CCCC(=O)CSc1n[nH]c(C)n1. The Kier molecular flexibility index (Phi) is 3.95. The van der Waals surface area contributed by atoms with Crippen LogP contribution in [0.5, 0.6) is 0 Å². The predicted molar refractivity (Wildman–Crippen MR) is 51.8 cm³/mol. The van der Waals surface area contributed by atoms with E-state index in [4.69, 9.17) is 0 Å². The molecule has 0 atom stereocenters. The number of nitrogens with one attached hydrogen (secondary N) is 1. The molecule has 72 valence electrons. The Morgan fingerprint density at radius 1 is 1.62 bits per heavy atom. The number of thioether (sulfide) groups is 1. The lowest BCUT2D eigenvalue weighted by Crippen LogP contribution is -2.00. The fraction of sp³-hybridized carbons (Fsp3) is 0.625. The number of hydrogen-bond acceptors (Lipinski definition) is 4. The molecule has 1 aromatic heterocycles. The van der Waals surface area contributed by atoms with Gasteiger partial charge in [0.25, 0.3) is 0 Å². The van der Waals surface area contributed by atoms with E-state index in [2.05, 4.69) is 15.2 Å². The van der Waals surface area contributed by atoms with Crippen LogP contribution in [-0.2, 0) is 4.79 Å². The van der Waals surface area contributed by atoms with Gasteiger partial charge in [0, 0.05) is 6.42 Å². The number of H-pyrrole nitrogens is 1. The van der Waals surface area contributed by atoms with Crippen molar-refractivity contribution < 1.29 is 4.79 Å². The Hall–Kier alpha value is -0.840. The molecular weight excluding hydrogens is 186 g/mol. The Labute approximate surface area is 81.5 Å². The molecule has 0 saturated carbocycles. The summed E-state index contributed by atoms with van der Waals surface area (Å²) in [5.74, 6) is 1.52. The van der Waals surface area contributed by atoms with E-state index in [1.807, 2.05) is 13.8 Å². The lowest BCUT2D eigenvalue weighted by molar-refractivity contribution is -0.116. The van der Waals surface area contributed by atoms with Crippen molar-refractivity contribution in [2.24, 2.45) is 0 Å². The number of hydrogen-bond donors (Lipinski definition) is 1. The van der Waals surface area contributed by atoms with Gasteiger partial charge in [0.15, 0.2) is 0 Å². The molecule has 0 aliphatic rings. The summed E-state index contributed by atoms with van der Waals surface area (Å²) in [5, 5.41) is 7.31. The molecule has 0 aliphatic heterocycles. The molecule has 5 heteroatoms. The molecular formula is C8H13N3OS. The minimum Gasteiger partial charge on any atom is -0.299 e. The Morgan fingerprint density at radius 2 is 2.38 bits per heavy atom. The smallest absolute Gasteiger partial charge is 0.208 e. The lowest BCUT2D eigenvalue weighted by Gasteiger charge is -1.94. The van der Waals surface area contributed by atoms with Crippen LogP contribution in [0.2, 0.25) is 0 Å². The first kappa shape index (κ1) is 10.2. The van der Waals surface area contributed by atoms with Crippen LogP contribution in [0.15, 0.2) is 5.16 Å². The van der Waals surface area contributed by atoms with Crippen LogP contribution in [0.1, 0.15) is 25.6 Å². The molecule has 0 bridgehead atoms. The molecule has 0 amide bonds. The van der Waals surface area contributed by atoms with Crippen LogP contribution < -0.4 is 0 Å². The molecule has 0 fully saturated rings. The maximum absolute atomic E-state index is 11.1. The number of ketones is 1. The summed E-state index contributed by atoms with van der Waals surface area (Å²) >= 11 is 1.39. The van der Waals surface area contributed by atoms with Gasteiger partial charge in [0.05, 0.1) is 5.75 Å². The highest BCUT2D eigenvalue weighted by Gasteiger charge is 2.04. The minimum absolute atomic E-state index is 0.259. The third-order valence-electron chi connectivity index (χ3n) is 1.47. The summed E-state index contributed by atoms with van der Waals surface area (Å²) in [6.45, 7) is 3.84. The van der Waals surface area contributed by atoms with Crippen LogP contribution >= 0.6 is 11.8 Å². The van der Waals surface area contributed by atoms with Crippen molar-refractivity contribution in [3.63, 3.8) is 0 Å². The van der Waals surface area contributed by atoms with Crippen molar-refractivity contribution in [2.45, 2.75) is 31.8 Å². The molecule has 0 spiro atoms. The number of aryl methyl sites for hydroxylation is 1. The molecule has 0 aromatic carbocycles. The number of carbonyl (C=O) groups is 1. The molecule has 0 saturated heterocycles. The lowest BCUT2D eigenvalue weighted by atomic mass is 10.3. The molecule has 1 heterocycles. The second-order valence-corrected chi connectivity index (χ2v) is 3.72. The van der Waals surface area contributed by atoms with Crippen molar-refractivity contribution >= 4 is 17.5 Å². The Balaban J connectivity index is 2.30. The van der Waals surface area contributed by atoms with E-state index in [1.54, 1.807) is 0 Å². The third-order valence-corrected chi connectivity index (χ3v) is 2.37. The van der Waals surface area contributed by atoms with Gasteiger partial charge in [-0.05, 0) is 13.3 Å². The summed E-state index contributed by atoms with van der Waals surface area (Å²) < 4.78 is 0. The van der Waals surface area contributed by atoms with Crippen LogP contribution in [0.25, 0.3) is 0 Å². The number of carbonyl (C=O) groups excluding carboxylic acids is 1. The number of Topliss-reactive ketones (excluding diaryl/α,β-unsaturated/α-hetero) is 1. The van der Waals surface area contributed by atoms with Gasteiger partial charge in [-0.1, -0.05) is 18.7 Å². The summed E-state index contributed by atoms with van der Waals surface area (Å²) in [4.78, 5) is 15.2. The predicted octanol–water partition coefficient (Wildman–Crippen LogP) is 1.57. The first-order valence-corrected chi connectivity index (χ1v) is 5.24. The zero-order chi connectivity index (χ0) is 9.68. The van der Waals surface area contributed by atoms with Crippen molar-refractivity contribution in [3.8, 4) is 0 Å². The number of nitrogens with zero attached hydrogens (tertiary/aromatic N) is 2. The minimum atomic E-state index is 0.259. The fourth-order valence-electron chi connectivity index (χ4n) is 0.883. The van der Waals surface area contributed by atoms with E-state index in [-0.39, 0.29) is 5.78 Å². The molecule has 0 aliphatic carbocycles. The van der Waals surface area contributed by atoms with Crippen LogP contribution in [0.3, 0.4) is 0 Å². The normalized spacial score (nSPS) is 10.3. The van der Waals surface area contributed by atoms with Crippen LogP contribution in [-0.4, -0.2) is 26.7 Å². The van der Waals surface area contributed by atoms with Crippen LogP contribution in [0, 0.1) is 6.92 Å². The second-order valence-electron chi connectivity index (χ2n) is 2.78. The maximum Gasteiger partial charge on any atom is 0.208 e. The van der Waals surface area contributed by atoms with Crippen molar-refractivity contribution in [1.82, 2.24) is 15.2 Å². The summed E-state index contributed by atoms with van der Waals surface area (Å²) in [6, 6.07) is 0. The average Bonchev–Trinajstić information content (AvgIpc) is 2.49. The van der Waals surface area contributed by atoms with Gasteiger partial charge in [-0.15, -0.1) is 5.10 Å². The Morgan fingerprint density at radius 3 is 2.92 bits per heavy atom. The molecule has 4 nitrogen and oxygen atoms in total. The number of rotatable bonds is 5. The summed E-state index contributed by atoms with van der Waals surface area (Å²) in [7, 11) is 0. The summed E-state index contributed by atoms with van der Waals surface area (Å²) in [5.41, 5.74) is 0. The largest absolute Gasteiger partial charge is 0.299 e. The molecule has 1 aromatic rings. The molecule has 13 heavy (non-hydrogen) atoms. The van der Waals surface area contributed by atoms with Gasteiger partial charge in [0.2, 0.25) is 5.16 Å². The van der Waals surface area contributed by atoms with Gasteiger partial charge in [-0.2, -0.15) is 0 Å². The summed E-state index contributed by atoms with van der Waals surface area (Å²) in [6.07, 6.45) is 1.56.